The first-order chi connectivity index (χ1) is 12.1. The lowest BCUT2D eigenvalue weighted by molar-refractivity contribution is 0.0920. The normalized spacial score (nSPS) is 19.7. The number of benzene rings is 1. The lowest BCUT2D eigenvalue weighted by Crippen LogP contribution is -2.41. The number of carbonyl (C=O) groups excluding carboxylic acids is 1. The summed E-state index contributed by atoms with van der Waals surface area (Å²) in [6.45, 7) is 3.09. The van der Waals surface area contributed by atoms with Crippen LogP contribution in [0.25, 0.3) is 0 Å². The Labute approximate surface area is 146 Å². The monoisotopic (exact) mass is 342 g/mol. The Kier molecular flexibility index (Phi) is 5.14. The van der Waals surface area contributed by atoms with Gasteiger partial charge in [0.25, 0.3) is 5.91 Å². The van der Waals surface area contributed by atoms with Crippen molar-refractivity contribution >= 4 is 11.7 Å². The van der Waals surface area contributed by atoms with Gasteiger partial charge in [0.15, 0.2) is 0 Å². The van der Waals surface area contributed by atoms with Gasteiger partial charge >= 0.3 is 0 Å². The van der Waals surface area contributed by atoms with Gasteiger partial charge in [0, 0.05) is 42.9 Å². The molecule has 1 fully saturated rings. The maximum atomic E-state index is 12.7. The van der Waals surface area contributed by atoms with E-state index in [0.717, 1.165) is 11.4 Å². The summed E-state index contributed by atoms with van der Waals surface area (Å²) in [5.74, 6) is 1.26. The molecule has 7 nitrogen and oxygen atoms in total. The van der Waals surface area contributed by atoms with E-state index in [1.54, 1.807) is 25.4 Å². The van der Waals surface area contributed by atoms with Crippen molar-refractivity contribution in [2.75, 3.05) is 31.7 Å². The Morgan fingerprint density at radius 2 is 2.24 bits per heavy atom. The van der Waals surface area contributed by atoms with Crippen molar-refractivity contribution in [3.63, 3.8) is 0 Å². The van der Waals surface area contributed by atoms with Crippen LogP contribution < -0.4 is 15.0 Å². The van der Waals surface area contributed by atoms with Gasteiger partial charge in [-0.1, -0.05) is 6.07 Å². The lowest BCUT2D eigenvalue weighted by Gasteiger charge is -2.19. The predicted octanol–water partition coefficient (Wildman–Crippen LogP) is 1.02. The second-order valence-electron chi connectivity index (χ2n) is 6.13. The highest BCUT2D eigenvalue weighted by molar-refractivity contribution is 5.96. The third-order valence-electron chi connectivity index (χ3n) is 4.63. The Balaban J connectivity index is 1.74. The fourth-order valence-corrected chi connectivity index (χ4v) is 3.21. The summed E-state index contributed by atoms with van der Waals surface area (Å²) < 4.78 is 5.28. The van der Waals surface area contributed by atoms with Crippen molar-refractivity contribution in [2.45, 2.75) is 13.0 Å². The molecule has 1 saturated heterocycles. The molecule has 2 N–H and O–H groups in total. The van der Waals surface area contributed by atoms with Crippen molar-refractivity contribution in [1.82, 2.24) is 15.3 Å². The van der Waals surface area contributed by atoms with E-state index in [1.165, 1.54) is 6.33 Å². The maximum Gasteiger partial charge on any atom is 0.251 e. The van der Waals surface area contributed by atoms with Gasteiger partial charge in [-0.2, -0.15) is 0 Å². The SMILES string of the molecule is COc1cccc(C(=O)N[C@@H]2CN(c3ccncn3)C[C@H]2CO)c1C. The maximum absolute atomic E-state index is 12.7. The molecule has 1 aliphatic rings. The zero-order valence-electron chi connectivity index (χ0n) is 14.3. The van der Waals surface area contributed by atoms with Crippen LogP contribution in [0.15, 0.2) is 36.8 Å². The molecular formula is C18H22N4O3. The highest BCUT2D eigenvalue weighted by atomic mass is 16.5. The zero-order valence-corrected chi connectivity index (χ0v) is 14.3. The van der Waals surface area contributed by atoms with Crippen LogP contribution in [-0.2, 0) is 0 Å². The third kappa shape index (κ3) is 3.56. The number of anilines is 1. The fourth-order valence-electron chi connectivity index (χ4n) is 3.21. The average molecular weight is 342 g/mol. The van der Waals surface area contributed by atoms with E-state index >= 15 is 0 Å². The molecule has 0 saturated carbocycles. The molecule has 1 amide bonds. The summed E-state index contributed by atoms with van der Waals surface area (Å²) in [5.41, 5.74) is 1.38. The van der Waals surface area contributed by atoms with Gasteiger partial charge < -0.3 is 20.1 Å². The van der Waals surface area contributed by atoms with E-state index in [9.17, 15) is 9.90 Å². The van der Waals surface area contributed by atoms with Gasteiger partial charge in [-0.3, -0.25) is 4.79 Å². The van der Waals surface area contributed by atoms with Crippen molar-refractivity contribution in [1.29, 1.82) is 0 Å². The number of nitrogens with zero attached hydrogens (tertiary/aromatic N) is 3. The van der Waals surface area contributed by atoms with E-state index in [-0.39, 0.29) is 24.5 Å². The van der Waals surface area contributed by atoms with Gasteiger partial charge in [-0.15, -0.1) is 0 Å². The molecule has 7 heteroatoms. The van der Waals surface area contributed by atoms with Crippen LogP contribution >= 0.6 is 0 Å². The molecule has 1 aliphatic heterocycles. The number of methoxy groups -OCH3 is 1. The molecule has 0 bridgehead atoms. The molecule has 0 radical (unpaired) electrons. The summed E-state index contributed by atoms with van der Waals surface area (Å²) in [6.07, 6.45) is 3.18. The molecule has 1 aromatic carbocycles. The molecular weight excluding hydrogens is 320 g/mol. The average Bonchev–Trinajstić information content (AvgIpc) is 3.05. The van der Waals surface area contributed by atoms with Crippen LogP contribution in [0.4, 0.5) is 5.82 Å². The number of aliphatic hydroxyl groups is 1. The van der Waals surface area contributed by atoms with Crippen molar-refractivity contribution in [3.05, 3.63) is 47.9 Å². The molecule has 2 heterocycles. The van der Waals surface area contributed by atoms with Gasteiger partial charge in [0.2, 0.25) is 0 Å². The molecule has 2 atom stereocenters. The minimum atomic E-state index is -0.163. The first-order valence-electron chi connectivity index (χ1n) is 8.20. The number of aliphatic hydroxyl groups excluding tert-OH is 1. The number of aromatic nitrogens is 2. The minimum absolute atomic E-state index is 0.00359. The summed E-state index contributed by atoms with van der Waals surface area (Å²) in [6, 6.07) is 7.07. The van der Waals surface area contributed by atoms with Gasteiger partial charge in [0.05, 0.1) is 13.2 Å². The Morgan fingerprint density at radius 1 is 1.40 bits per heavy atom. The van der Waals surface area contributed by atoms with Crippen molar-refractivity contribution < 1.29 is 14.6 Å². The molecule has 0 unspecified atom stereocenters. The first-order valence-corrected chi connectivity index (χ1v) is 8.20. The van der Waals surface area contributed by atoms with Gasteiger partial charge in [-0.25, -0.2) is 9.97 Å². The van der Waals surface area contributed by atoms with E-state index in [0.29, 0.717) is 24.4 Å². The largest absolute Gasteiger partial charge is 0.496 e. The molecule has 132 valence electrons. The van der Waals surface area contributed by atoms with Crippen LogP contribution in [0.1, 0.15) is 15.9 Å². The number of carbonyl (C=O) groups is 1. The molecule has 0 spiro atoms. The van der Waals surface area contributed by atoms with E-state index in [2.05, 4.69) is 15.3 Å². The number of hydrogen-bond donors (Lipinski definition) is 2. The summed E-state index contributed by atoms with van der Waals surface area (Å²) in [4.78, 5) is 22.9. The first kappa shape index (κ1) is 17.2. The zero-order chi connectivity index (χ0) is 17.8. The highest BCUT2D eigenvalue weighted by Gasteiger charge is 2.34. The Bertz CT molecular complexity index is 738. The number of amides is 1. The smallest absolute Gasteiger partial charge is 0.251 e. The summed E-state index contributed by atoms with van der Waals surface area (Å²) in [5, 5.41) is 12.7. The van der Waals surface area contributed by atoms with Crippen LogP contribution in [0.3, 0.4) is 0 Å². The van der Waals surface area contributed by atoms with Crippen LogP contribution in [0.5, 0.6) is 5.75 Å². The Morgan fingerprint density at radius 3 is 2.92 bits per heavy atom. The van der Waals surface area contributed by atoms with Crippen molar-refractivity contribution in [2.24, 2.45) is 5.92 Å². The predicted molar refractivity (Wildman–Crippen MR) is 93.8 cm³/mol. The second-order valence-corrected chi connectivity index (χ2v) is 6.13. The number of ether oxygens (including phenoxy) is 1. The Hall–Kier alpha value is -2.67. The quantitative estimate of drug-likeness (QED) is 0.844. The van der Waals surface area contributed by atoms with Gasteiger partial charge in [-0.05, 0) is 25.1 Å². The third-order valence-corrected chi connectivity index (χ3v) is 4.63. The van der Waals surface area contributed by atoms with Crippen LogP contribution in [-0.4, -0.2) is 53.8 Å². The van der Waals surface area contributed by atoms with Gasteiger partial charge in [0.1, 0.15) is 17.9 Å². The fraction of sp³-hybridized carbons (Fsp3) is 0.389. The minimum Gasteiger partial charge on any atom is -0.496 e. The number of hydrogen-bond acceptors (Lipinski definition) is 6. The van der Waals surface area contributed by atoms with E-state index < -0.39 is 0 Å². The van der Waals surface area contributed by atoms with Crippen LogP contribution in [0, 0.1) is 12.8 Å². The van der Waals surface area contributed by atoms with E-state index in [1.807, 2.05) is 24.0 Å². The molecule has 0 aliphatic carbocycles. The second kappa shape index (κ2) is 7.48. The molecule has 1 aromatic heterocycles. The standard InChI is InChI=1S/C18H22N4O3/c1-12-14(4-3-5-16(12)25-2)18(24)21-15-9-22(8-13(15)10-23)17-6-7-19-11-20-17/h3-7,11,13,15,23H,8-10H2,1-2H3,(H,21,24)/t13-,15+/m0/s1. The molecule has 2 aromatic rings. The summed E-state index contributed by atoms with van der Waals surface area (Å²) >= 11 is 0. The summed E-state index contributed by atoms with van der Waals surface area (Å²) in [7, 11) is 1.59. The van der Waals surface area contributed by atoms with E-state index in [4.69, 9.17) is 4.74 Å². The van der Waals surface area contributed by atoms with Crippen LogP contribution in [0.2, 0.25) is 0 Å². The highest BCUT2D eigenvalue weighted by Crippen LogP contribution is 2.24. The molecule has 3 rings (SSSR count). The number of nitrogens with one attached hydrogen (secondary N) is 1. The number of rotatable bonds is 5. The topological polar surface area (TPSA) is 87.6 Å². The van der Waals surface area contributed by atoms with Crippen molar-refractivity contribution in [3.8, 4) is 5.75 Å². The lowest BCUT2D eigenvalue weighted by atomic mass is 10.0. The molecule has 25 heavy (non-hydrogen) atoms.